The van der Waals surface area contributed by atoms with Gasteiger partial charge in [0.15, 0.2) is 0 Å². The molecule has 112 valence electrons. The second kappa shape index (κ2) is 7.13. The smallest absolute Gasteiger partial charge is 0.125 e. The molecule has 1 unspecified atom stereocenters. The summed E-state index contributed by atoms with van der Waals surface area (Å²) >= 11 is 9.52. The highest BCUT2D eigenvalue weighted by Crippen LogP contribution is 2.36. The Kier molecular flexibility index (Phi) is 5.47. The van der Waals surface area contributed by atoms with Crippen molar-refractivity contribution < 1.29 is 9.47 Å². The SMILES string of the molecule is COc1cc(Br)ccc1C(NN)c1cc(Cl)ccc1OC. The first-order chi connectivity index (χ1) is 10.1. The maximum atomic E-state index is 6.10. The van der Waals surface area contributed by atoms with Gasteiger partial charge in [-0.05, 0) is 30.3 Å². The van der Waals surface area contributed by atoms with E-state index in [1.165, 1.54) is 0 Å². The van der Waals surface area contributed by atoms with Crippen molar-refractivity contribution in [1.82, 2.24) is 5.43 Å². The Bertz CT molecular complexity index is 637. The van der Waals surface area contributed by atoms with Gasteiger partial charge in [-0.1, -0.05) is 33.6 Å². The van der Waals surface area contributed by atoms with Gasteiger partial charge < -0.3 is 9.47 Å². The molecule has 4 nitrogen and oxygen atoms in total. The van der Waals surface area contributed by atoms with Crippen molar-refractivity contribution in [2.24, 2.45) is 5.84 Å². The number of halogens is 2. The third-order valence-corrected chi connectivity index (χ3v) is 3.90. The van der Waals surface area contributed by atoms with Crippen molar-refractivity contribution in [3.05, 3.63) is 57.0 Å². The molecule has 0 spiro atoms. The Balaban J connectivity index is 2.57. The largest absolute Gasteiger partial charge is 0.496 e. The summed E-state index contributed by atoms with van der Waals surface area (Å²) in [5.41, 5.74) is 4.53. The minimum absolute atomic E-state index is 0.304. The van der Waals surface area contributed by atoms with Crippen LogP contribution in [0.15, 0.2) is 40.9 Å². The van der Waals surface area contributed by atoms with E-state index in [4.69, 9.17) is 26.9 Å². The molecule has 0 saturated carbocycles. The first-order valence-corrected chi connectivity index (χ1v) is 7.40. The second-order valence-corrected chi connectivity index (χ2v) is 5.72. The number of nitrogens with two attached hydrogens (primary N) is 1. The van der Waals surface area contributed by atoms with E-state index < -0.39 is 0 Å². The van der Waals surface area contributed by atoms with Crippen LogP contribution in [0.3, 0.4) is 0 Å². The molecule has 2 aromatic rings. The fraction of sp³-hybridized carbons (Fsp3) is 0.200. The van der Waals surface area contributed by atoms with Gasteiger partial charge in [0, 0.05) is 20.6 Å². The highest BCUT2D eigenvalue weighted by Gasteiger charge is 2.21. The molecule has 21 heavy (non-hydrogen) atoms. The molecule has 0 saturated heterocycles. The number of hydrogen-bond acceptors (Lipinski definition) is 4. The molecular formula is C15H16BrClN2O2. The number of methoxy groups -OCH3 is 2. The van der Waals surface area contributed by atoms with Gasteiger partial charge in [0.05, 0.1) is 20.3 Å². The van der Waals surface area contributed by atoms with Crippen molar-refractivity contribution in [3.8, 4) is 11.5 Å². The molecule has 1 atom stereocenters. The van der Waals surface area contributed by atoms with E-state index in [9.17, 15) is 0 Å². The highest BCUT2D eigenvalue weighted by atomic mass is 79.9. The normalized spacial score (nSPS) is 12.0. The van der Waals surface area contributed by atoms with Crippen LogP contribution in [0.1, 0.15) is 17.2 Å². The summed E-state index contributed by atoms with van der Waals surface area (Å²) in [6.07, 6.45) is 0. The lowest BCUT2D eigenvalue weighted by Gasteiger charge is -2.22. The van der Waals surface area contributed by atoms with E-state index in [2.05, 4.69) is 21.4 Å². The summed E-state index contributed by atoms with van der Waals surface area (Å²) in [6, 6.07) is 10.9. The number of hydrogen-bond donors (Lipinski definition) is 2. The topological polar surface area (TPSA) is 56.5 Å². The Morgan fingerprint density at radius 2 is 1.76 bits per heavy atom. The van der Waals surface area contributed by atoms with E-state index in [0.717, 1.165) is 15.6 Å². The maximum Gasteiger partial charge on any atom is 0.125 e. The van der Waals surface area contributed by atoms with Crippen LogP contribution in [0, 0.1) is 0 Å². The fourth-order valence-electron chi connectivity index (χ4n) is 2.20. The van der Waals surface area contributed by atoms with E-state index >= 15 is 0 Å². The minimum atomic E-state index is -0.304. The zero-order chi connectivity index (χ0) is 15.4. The molecule has 0 aliphatic carbocycles. The summed E-state index contributed by atoms with van der Waals surface area (Å²) in [7, 11) is 3.23. The lowest BCUT2D eigenvalue weighted by atomic mass is 9.97. The second-order valence-electron chi connectivity index (χ2n) is 4.37. The quantitative estimate of drug-likeness (QED) is 0.622. The summed E-state index contributed by atoms with van der Waals surface area (Å²) < 4.78 is 11.8. The first-order valence-electron chi connectivity index (χ1n) is 6.23. The van der Waals surface area contributed by atoms with Crippen molar-refractivity contribution in [2.75, 3.05) is 14.2 Å². The van der Waals surface area contributed by atoms with Gasteiger partial charge >= 0.3 is 0 Å². The Labute approximate surface area is 137 Å². The maximum absolute atomic E-state index is 6.10. The Hall–Kier alpha value is -1.27. The van der Waals surface area contributed by atoms with Crippen LogP contribution in [0.2, 0.25) is 5.02 Å². The summed E-state index contributed by atoms with van der Waals surface area (Å²) in [5, 5.41) is 0.613. The molecule has 0 aliphatic heterocycles. The molecule has 0 radical (unpaired) electrons. The van der Waals surface area contributed by atoms with Crippen LogP contribution >= 0.6 is 27.5 Å². The third-order valence-electron chi connectivity index (χ3n) is 3.18. The predicted octanol–water partition coefficient (Wildman–Crippen LogP) is 3.67. The molecule has 0 fully saturated rings. The number of benzene rings is 2. The van der Waals surface area contributed by atoms with Crippen molar-refractivity contribution in [2.45, 2.75) is 6.04 Å². The van der Waals surface area contributed by atoms with Crippen LogP contribution in [0.25, 0.3) is 0 Å². The number of rotatable bonds is 5. The van der Waals surface area contributed by atoms with Gasteiger partial charge in [0.1, 0.15) is 11.5 Å². The van der Waals surface area contributed by atoms with Crippen molar-refractivity contribution in [3.63, 3.8) is 0 Å². The van der Waals surface area contributed by atoms with Gasteiger partial charge in [-0.2, -0.15) is 0 Å². The van der Waals surface area contributed by atoms with E-state index in [0.29, 0.717) is 16.5 Å². The van der Waals surface area contributed by atoms with Gasteiger partial charge in [0.2, 0.25) is 0 Å². The molecule has 0 bridgehead atoms. The third kappa shape index (κ3) is 3.49. The van der Waals surface area contributed by atoms with Crippen LogP contribution in [0.4, 0.5) is 0 Å². The zero-order valence-corrected chi connectivity index (χ0v) is 14.0. The van der Waals surface area contributed by atoms with Crippen LogP contribution < -0.4 is 20.7 Å². The zero-order valence-electron chi connectivity index (χ0n) is 11.7. The molecule has 6 heteroatoms. The van der Waals surface area contributed by atoms with Crippen molar-refractivity contribution in [1.29, 1.82) is 0 Å². The molecular weight excluding hydrogens is 356 g/mol. The first kappa shape index (κ1) is 16.1. The monoisotopic (exact) mass is 370 g/mol. The molecule has 2 aromatic carbocycles. The lowest BCUT2D eigenvalue weighted by molar-refractivity contribution is 0.394. The molecule has 3 N–H and O–H groups in total. The summed E-state index contributed by atoms with van der Waals surface area (Å²) in [4.78, 5) is 0. The van der Waals surface area contributed by atoms with Crippen molar-refractivity contribution >= 4 is 27.5 Å². The van der Waals surface area contributed by atoms with Gasteiger partial charge in [-0.15, -0.1) is 0 Å². The fourth-order valence-corrected chi connectivity index (χ4v) is 2.72. The van der Waals surface area contributed by atoms with Gasteiger partial charge in [-0.25, -0.2) is 5.43 Å². The average Bonchev–Trinajstić information content (AvgIpc) is 2.49. The average molecular weight is 372 g/mol. The summed E-state index contributed by atoms with van der Waals surface area (Å²) in [5.74, 6) is 7.17. The van der Waals surface area contributed by atoms with E-state index in [1.807, 2.05) is 30.3 Å². The summed E-state index contributed by atoms with van der Waals surface area (Å²) in [6.45, 7) is 0. The standard InChI is InChI=1S/C15H16BrClN2O2/c1-20-13-6-4-10(17)8-12(13)15(19-18)11-5-3-9(16)7-14(11)21-2/h3-8,15,19H,18H2,1-2H3. The van der Waals surface area contributed by atoms with Crippen LogP contribution in [-0.4, -0.2) is 14.2 Å². The predicted molar refractivity (Wildman–Crippen MR) is 87.9 cm³/mol. The molecule has 0 amide bonds. The molecule has 0 aliphatic rings. The molecule has 0 aromatic heterocycles. The van der Waals surface area contributed by atoms with Gasteiger partial charge in [-0.3, -0.25) is 5.84 Å². The van der Waals surface area contributed by atoms with E-state index in [-0.39, 0.29) is 6.04 Å². The number of hydrazine groups is 1. The van der Waals surface area contributed by atoms with E-state index in [1.54, 1.807) is 20.3 Å². The Morgan fingerprint density at radius 3 is 2.38 bits per heavy atom. The molecule has 2 rings (SSSR count). The Morgan fingerprint density at radius 1 is 1.05 bits per heavy atom. The van der Waals surface area contributed by atoms with Gasteiger partial charge in [0.25, 0.3) is 0 Å². The van der Waals surface area contributed by atoms with Crippen LogP contribution in [0.5, 0.6) is 11.5 Å². The number of nitrogens with one attached hydrogen (secondary N) is 1. The molecule has 0 heterocycles. The minimum Gasteiger partial charge on any atom is -0.496 e. The number of ether oxygens (including phenoxy) is 2. The highest BCUT2D eigenvalue weighted by molar-refractivity contribution is 9.10. The lowest BCUT2D eigenvalue weighted by Crippen LogP contribution is -2.29. The van der Waals surface area contributed by atoms with Crippen LogP contribution in [-0.2, 0) is 0 Å².